The maximum Gasteiger partial charge on any atom is 0.173 e. The van der Waals surface area contributed by atoms with Crippen LogP contribution in [-0.2, 0) is 4.79 Å². The zero-order chi connectivity index (χ0) is 17.1. The molecule has 0 atom stereocenters. The summed E-state index contributed by atoms with van der Waals surface area (Å²) in [5, 5.41) is 11.9. The van der Waals surface area contributed by atoms with Crippen LogP contribution >= 0.6 is 27.7 Å². The first-order valence-corrected chi connectivity index (χ1v) is 9.23. The molecule has 3 aromatic rings. The standard InChI is InChI=1S/C18H14BrN3OS/c1-2-13(23)11-24-18-21-10-17(19)22(18)16-8-7-12(9-20)14-5-3-4-6-15(14)16/h3-8,10H,2,11H2,1H3. The van der Waals surface area contributed by atoms with Crippen LogP contribution < -0.4 is 0 Å². The molecule has 0 amide bonds. The molecule has 0 aliphatic heterocycles. The predicted molar refractivity (Wildman–Crippen MR) is 99.5 cm³/mol. The van der Waals surface area contributed by atoms with Crippen LogP contribution in [0.2, 0.25) is 0 Å². The van der Waals surface area contributed by atoms with Gasteiger partial charge in [-0.15, -0.1) is 0 Å². The summed E-state index contributed by atoms with van der Waals surface area (Å²) in [6.07, 6.45) is 2.25. The van der Waals surface area contributed by atoms with Gasteiger partial charge in [-0.25, -0.2) is 4.98 Å². The largest absolute Gasteiger partial charge is 0.299 e. The quantitative estimate of drug-likeness (QED) is 0.581. The molecule has 0 saturated carbocycles. The van der Waals surface area contributed by atoms with Crippen molar-refractivity contribution in [2.24, 2.45) is 0 Å². The van der Waals surface area contributed by atoms with Gasteiger partial charge in [-0.2, -0.15) is 5.26 Å². The van der Waals surface area contributed by atoms with Gasteiger partial charge >= 0.3 is 0 Å². The molecule has 0 N–H and O–H groups in total. The second-order valence-electron chi connectivity index (χ2n) is 5.17. The fraction of sp³-hybridized carbons (Fsp3) is 0.167. The van der Waals surface area contributed by atoms with Gasteiger partial charge in [0.05, 0.1) is 29.3 Å². The van der Waals surface area contributed by atoms with Crippen molar-refractivity contribution in [2.75, 3.05) is 5.75 Å². The molecule has 0 spiro atoms. The van der Waals surface area contributed by atoms with E-state index >= 15 is 0 Å². The van der Waals surface area contributed by atoms with E-state index in [-0.39, 0.29) is 5.78 Å². The Morgan fingerprint density at radius 2 is 2.04 bits per heavy atom. The molecule has 3 rings (SSSR count). The molecule has 1 aromatic heterocycles. The number of halogens is 1. The third kappa shape index (κ3) is 3.10. The fourth-order valence-electron chi connectivity index (χ4n) is 2.46. The lowest BCUT2D eigenvalue weighted by atomic mass is 10.0. The highest BCUT2D eigenvalue weighted by atomic mass is 79.9. The van der Waals surface area contributed by atoms with E-state index < -0.39 is 0 Å². The Morgan fingerprint density at radius 1 is 1.29 bits per heavy atom. The van der Waals surface area contributed by atoms with Crippen molar-refractivity contribution in [3.05, 3.63) is 52.8 Å². The van der Waals surface area contributed by atoms with Crippen molar-refractivity contribution in [1.82, 2.24) is 9.55 Å². The van der Waals surface area contributed by atoms with Crippen LogP contribution in [-0.4, -0.2) is 21.1 Å². The summed E-state index contributed by atoms with van der Waals surface area (Å²) in [6.45, 7) is 1.86. The van der Waals surface area contributed by atoms with E-state index in [2.05, 4.69) is 27.0 Å². The van der Waals surface area contributed by atoms with Gasteiger partial charge in [-0.1, -0.05) is 43.0 Å². The Labute approximate surface area is 152 Å². The molecule has 0 aliphatic carbocycles. The first-order chi connectivity index (χ1) is 11.7. The number of thioether (sulfide) groups is 1. The van der Waals surface area contributed by atoms with E-state index in [1.54, 1.807) is 6.20 Å². The van der Waals surface area contributed by atoms with Crippen molar-refractivity contribution >= 4 is 44.2 Å². The van der Waals surface area contributed by atoms with Crippen LogP contribution in [0.4, 0.5) is 0 Å². The lowest BCUT2D eigenvalue weighted by Gasteiger charge is -2.13. The maximum absolute atomic E-state index is 11.6. The Kier molecular flexibility index (Phi) is 5.03. The lowest BCUT2D eigenvalue weighted by Crippen LogP contribution is -2.03. The van der Waals surface area contributed by atoms with Crippen LogP contribution in [0.25, 0.3) is 16.5 Å². The van der Waals surface area contributed by atoms with Crippen molar-refractivity contribution in [1.29, 1.82) is 5.26 Å². The normalized spacial score (nSPS) is 10.7. The van der Waals surface area contributed by atoms with Crippen LogP contribution in [0, 0.1) is 11.3 Å². The van der Waals surface area contributed by atoms with Gasteiger partial charge in [0.2, 0.25) is 0 Å². The Balaban J connectivity index is 2.14. The highest BCUT2D eigenvalue weighted by molar-refractivity contribution is 9.10. The zero-order valence-corrected chi connectivity index (χ0v) is 15.4. The summed E-state index contributed by atoms with van der Waals surface area (Å²) in [7, 11) is 0. The number of hydrogen-bond acceptors (Lipinski definition) is 4. The van der Waals surface area contributed by atoms with Crippen LogP contribution in [0.5, 0.6) is 0 Å². The minimum atomic E-state index is 0.190. The van der Waals surface area contributed by atoms with Gasteiger partial charge in [-0.05, 0) is 28.1 Å². The molecule has 0 radical (unpaired) electrons. The Morgan fingerprint density at radius 3 is 2.75 bits per heavy atom. The second-order valence-corrected chi connectivity index (χ2v) is 6.92. The van der Waals surface area contributed by atoms with Gasteiger partial charge < -0.3 is 0 Å². The average Bonchev–Trinajstić information content (AvgIpc) is 2.99. The SMILES string of the molecule is CCC(=O)CSc1ncc(Br)n1-c1ccc(C#N)c2ccccc12. The summed E-state index contributed by atoms with van der Waals surface area (Å²) in [5.41, 5.74) is 1.57. The van der Waals surface area contributed by atoms with Gasteiger partial charge in [0.15, 0.2) is 5.16 Å². The summed E-state index contributed by atoms with van der Waals surface area (Å²) in [6, 6.07) is 13.8. The van der Waals surface area contributed by atoms with Gasteiger partial charge in [-0.3, -0.25) is 9.36 Å². The first-order valence-electron chi connectivity index (χ1n) is 7.45. The van der Waals surface area contributed by atoms with Crippen LogP contribution in [0.1, 0.15) is 18.9 Å². The molecule has 6 heteroatoms. The minimum Gasteiger partial charge on any atom is -0.299 e. The molecule has 0 saturated heterocycles. The number of carbonyl (C=O) groups excluding carboxylic acids is 1. The second kappa shape index (κ2) is 7.20. The molecule has 0 fully saturated rings. The third-order valence-corrected chi connectivity index (χ3v) is 5.28. The van der Waals surface area contributed by atoms with E-state index in [0.717, 1.165) is 26.2 Å². The first kappa shape index (κ1) is 16.7. The topological polar surface area (TPSA) is 58.7 Å². The number of benzene rings is 2. The molecule has 0 bridgehead atoms. The number of nitriles is 1. The van der Waals surface area contributed by atoms with E-state index in [1.165, 1.54) is 11.8 Å². The molecule has 0 unspecified atom stereocenters. The molecular formula is C18H14BrN3OS. The summed E-state index contributed by atoms with van der Waals surface area (Å²) in [4.78, 5) is 16.0. The maximum atomic E-state index is 11.6. The molecule has 4 nitrogen and oxygen atoms in total. The zero-order valence-electron chi connectivity index (χ0n) is 13.0. The smallest absolute Gasteiger partial charge is 0.173 e. The summed E-state index contributed by atoms with van der Waals surface area (Å²) < 4.78 is 2.78. The van der Waals surface area contributed by atoms with E-state index in [4.69, 9.17) is 0 Å². The summed E-state index contributed by atoms with van der Waals surface area (Å²) >= 11 is 4.96. The molecular weight excluding hydrogens is 386 g/mol. The number of nitrogens with zero attached hydrogens (tertiary/aromatic N) is 3. The number of ketones is 1. The molecule has 1 heterocycles. The minimum absolute atomic E-state index is 0.190. The highest BCUT2D eigenvalue weighted by Crippen LogP contribution is 2.32. The predicted octanol–water partition coefficient (Wildman–Crippen LogP) is 4.73. The molecule has 24 heavy (non-hydrogen) atoms. The van der Waals surface area contributed by atoms with Gasteiger partial charge in [0.25, 0.3) is 0 Å². The van der Waals surface area contributed by atoms with Gasteiger partial charge in [0, 0.05) is 17.2 Å². The lowest BCUT2D eigenvalue weighted by molar-refractivity contribution is -0.116. The van der Waals surface area contributed by atoms with E-state index in [1.807, 2.05) is 47.9 Å². The van der Waals surface area contributed by atoms with Crippen LogP contribution in [0.15, 0.2) is 52.4 Å². The molecule has 0 aliphatic rings. The third-order valence-electron chi connectivity index (χ3n) is 3.71. The number of hydrogen-bond donors (Lipinski definition) is 0. The van der Waals surface area contributed by atoms with Crippen molar-refractivity contribution < 1.29 is 4.79 Å². The van der Waals surface area contributed by atoms with E-state index in [0.29, 0.717) is 17.7 Å². The summed E-state index contributed by atoms with van der Waals surface area (Å²) in [5.74, 6) is 0.587. The number of fused-ring (bicyclic) bond motifs is 1. The van der Waals surface area contributed by atoms with Crippen molar-refractivity contribution in [3.8, 4) is 11.8 Å². The average molecular weight is 400 g/mol. The number of Topliss-reactive ketones (excluding diaryl/α,β-unsaturated/α-hetero) is 1. The van der Waals surface area contributed by atoms with Crippen LogP contribution in [0.3, 0.4) is 0 Å². The number of aromatic nitrogens is 2. The molecule has 120 valence electrons. The van der Waals surface area contributed by atoms with Crippen molar-refractivity contribution in [3.63, 3.8) is 0 Å². The number of imidazole rings is 1. The highest BCUT2D eigenvalue weighted by Gasteiger charge is 2.15. The monoisotopic (exact) mass is 399 g/mol. The van der Waals surface area contributed by atoms with E-state index in [9.17, 15) is 10.1 Å². The van der Waals surface area contributed by atoms with Crippen molar-refractivity contribution in [2.45, 2.75) is 18.5 Å². The Hall–Kier alpha value is -2.10. The van der Waals surface area contributed by atoms with Gasteiger partial charge in [0.1, 0.15) is 10.4 Å². The Bertz CT molecular complexity index is 959. The molecule has 2 aromatic carbocycles. The number of carbonyl (C=O) groups is 1. The number of rotatable bonds is 5. The fourth-order valence-corrected chi connectivity index (χ4v) is 3.98.